The Morgan fingerprint density at radius 1 is 1.02 bits per heavy atom. The maximum Gasteiger partial charge on any atom is 0.306 e. The van der Waals surface area contributed by atoms with Gasteiger partial charge in [0.05, 0.1) is 19.6 Å². The number of Topliss-reactive ketones (excluding diaryl/α,β-unsaturated/α-hetero) is 1. The molecule has 1 saturated heterocycles. The Balaban J connectivity index is 1.01. The number of likely N-dealkylation sites (tertiary alicyclic amines) is 1. The third-order valence-electron chi connectivity index (χ3n) is 14.9. The van der Waals surface area contributed by atoms with Crippen LogP contribution < -0.4 is 10.1 Å². The van der Waals surface area contributed by atoms with Crippen molar-refractivity contribution in [2.45, 2.75) is 121 Å². The second-order valence-corrected chi connectivity index (χ2v) is 17.4. The van der Waals surface area contributed by atoms with Gasteiger partial charge in [0.25, 0.3) is 0 Å². The number of hydrogen-bond donors (Lipinski definition) is 3. The van der Waals surface area contributed by atoms with E-state index in [0.29, 0.717) is 31.3 Å². The summed E-state index contributed by atoms with van der Waals surface area (Å²) in [4.78, 5) is 53.9. The first-order valence-electron chi connectivity index (χ1n) is 19.5. The molecular weight excluding hydrogens is 660 g/mol. The van der Waals surface area contributed by atoms with Gasteiger partial charge < -0.3 is 29.9 Å². The number of nitrogens with zero attached hydrogens (tertiary/aromatic N) is 1. The van der Waals surface area contributed by atoms with Crippen LogP contribution in [0.1, 0.15) is 104 Å². The summed E-state index contributed by atoms with van der Waals surface area (Å²) in [5, 5.41) is 26.6. The van der Waals surface area contributed by atoms with Gasteiger partial charge in [-0.3, -0.25) is 19.2 Å². The smallest absolute Gasteiger partial charge is 0.306 e. The molecule has 10 nitrogen and oxygen atoms in total. The van der Waals surface area contributed by atoms with Gasteiger partial charge in [-0.15, -0.1) is 0 Å². The number of ether oxygens (including phenoxy) is 2. The van der Waals surface area contributed by atoms with Crippen molar-refractivity contribution in [1.29, 1.82) is 0 Å². The highest BCUT2D eigenvalue weighted by Gasteiger charge is 2.68. The number of fused-ring (bicyclic) bond motifs is 5. The molecule has 1 aliphatic heterocycles. The SMILES string of the molecule is COc1ccc([C@]2(CCNC(=O)CCC(=O)OCC(=O)[C@@]3(O)CC[C@H]4[C@@H]5CCC6=CC(=O)CC[C@]6(C)[C@H]5[C@@H](O)C[C@@]43C)C[C@H](C)N(C)C[C@@H]2C)cc1. The molecule has 1 aromatic carbocycles. The van der Waals surface area contributed by atoms with Crippen LogP contribution in [0.3, 0.4) is 0 Å². The molecule has 0 spiro atoms. The monoisotopic (exact) mass is 720 g/mol. The molecule has 0 aromatic heterocycles. The lowest BCUT2D eigenvalue weighted by Gasteiger charge is -2.60. The molecule has 286 valence electrons. The van der Waals surface area contributed by atoms with Crippen molar-refractivity contribution >= 4 is 23.4 Å². The summed E-state index contributed by atoms with van der Waals surface area (Å²) < 4.78 is 10.8. The Morgan fingerprint density at radius 3 is 2.46 bits per heavy atom. The minimum atomic E-state index is -1.72. The van der Waals surface area contributed by atoms with E-state index in [1.54, 1.807) is 13.2 Å². The van der Waals surface area contributed by atoms with Gasteiger partial charge in [0.1, 0.15) is 11.4 Å². The van der Waals surface area contributed by atoms with Crippen LogP contribution in [0, 0.1) is 34.5 Å². The van der Waals surface area contributed by atoms with Crippen LogP contribution in [0.15, 0.2) is 35.9 Å². The molecule has 6 rings (SSSR count). The van der Waals surface area contributed by atoms with Crippen LogP contribution in [-0.4, -0.2) is 90.2 Å². The van der Waals surface area contributed by atoms with E-state index in [1.807, 2.05) is 19.1 Å². The van der Waals surface area contributed by atoms with Crippen molar-refractivity contribution in [3.05, 3.63) is 41.5 Å². The van der Waals surface area contributed by atoms with E-state index in [0.717, 1.165) is 50.0 Å². The molecule has 4 fully saturated rings. The topological polar surface area (TPSA) is 142 Å². The predicted molar refractivity (Wildman–Crippen MR) is 196 cm³/mol. The van der Waals surface area contributed by atoms with Gasteiger partial charge in [-0.25, -0.2) is 0 Å². The van der Waals surface area contributed by atoms with E-state index in [9.17, 15) is 29.4 Å². The van der Waals surface area contributed by atoms with Crippen molar-refractivity contribution in [1.82, 2.24) is 10.2 Å². The zero-order chi connectivity index (χ0) is 37.6. The number of aliphatic hydroxyl groups is 2. The molecule has 0 bridgehead atoms. The summed E-state index contributed by atoms with van der Waals surface area (Å²) >= 11 is 0. The van der Waals surface area contributed by atoms with E-state index in [2.05, 4.69) is 50.2 Å². The number of aliphatic hydroxyl groups excluding tert-OH is 1. The average Bonchev–Trinajstić information content (AvgIpc) is 3.38. The third-order valence-corrected chi connectivity index (χ3v) is 14.9. The molecule has 0 unspecified atom stereocenters. The number of esters is 1. The van der Waals surface area contributed by atoms with Gasteiger partial charge >= 0.3 is 5.97 Å². The first kappa shape index (κ1) is 38.6. The maximum absolute atomic E-state index is 13.7. The van der Waals surface area contributed by atoms with Crippen LogP contribution in [-0.2, 0) is 29.3 Å². The minimum Gasteiger partial charge on any atom is -0.497 e. The predicted octanol–water partition coefficient (Wildman–Crippen LogP) is 4.93. The van der Waals surface area contributed by atoms with E-state index < -0.39 is 35.5 Å². The zero-order valence-electron chi connectivity index (χ0n) is 32.0. The standard InChI is InChI=1S/C42H60N2O8/c1-26-24-44(5)27(2)22-41(26,28-7-10-31(51-6)11-8-28)19-20-43-36(48)13-14-37(49)52-25-35(47)42(50)18-16-33-32-12-9-29-21-30(45)15-17-39(29,3)38(32)34(46)23-40(33,42)4/h7-8,10-11,21,26-27,32-34,38,46,50H,9,12-20,22-25H2,1-6H3,(H,43,48)/t26-,27-,32-,33-,34-,38+,39-,40-,41+,42-/m0/s1. The molecule has 10 heteroatoms. The maximum atomic E-state index is 13.7. The molecule has 0 radical (unpaired) electrons. The molecule has 52 heavy (non-hydrogen) atoms. The van der Waals surface area contributed by atoms with Crippen LogP contribution in [0.25, 0.3) is 0 Å². The van der Waals surface area contributed by atoms with Crippen LogP contribution >= 0.6 is 0 Å². The van der Waals surface area contributed by atoms with Crippen molar-refractivity contribution in [3.8, 4) is 5.75 Å². The molecule has 10 atom stereocenters. The first-order chi connectivity index (χ1) is 24.6. The summed E-state index contributed by atoms with van der Waals surface area (Å²) in [6, 6.07) is 8.63. The van der Waals surface area contributed by atoms with E-state index in [-0.39, 0.29) is 66.0 Å². The fourth-order valence-corrected chi connectivity index (χ4v) is 11.7. The van der Waals surface area contributed by atoms with Crippen molar-refractivity contribution in [2.75, 3.05) is 33.9 Å². The Bertz CT molecular complexity index is 1580. The number of benzene rings is 1. The van der Waals surface area contributed by atoms with Crippen LogP contribution in [0.4, 0.5) is 0 Å². The molecule has 1 amide bonds. The second-order valence-electron chi connectivity index (χ2n) is 17.4. The molecule has 3 saturated carbocycles. The second kappa shape index (κ2) is 14.6. The van der Waals surface area contributed by atoms with Crippen molar-refractivity contribution in [3.63, 3.8) is 0 Å². The average molecular weight is 721 g/mol. The summed E-state index contributed by atoms with van der Waals surface area (Å²) in [5.74, 6) is 0.00885. The minimum absolute atomic E-state index is 0.0237. The Labute approximate surface area is 309 Å². The van der Waals surface area contributed by atoms with Gasteiger partial charge in [-0.05, 0) is 118 Å². The lowest BCUT2D eigenvalue weighted by molar-refractivity contribution is -0.184. The Kier molecular flexibility index (Phi) is 10.9. The fourth-order valence-electron chi connectivity index (χ4n) is 11.7. The number of hydrogen-bond acceptors (Lipinski definition) is 9. The third kappa shape index (κ3) is 6.66. The zero-order valence-corrected chi connectivity index (χ0v) is 32.0. The summed E-state index contributed by atoms with van der Waals surface area (Å²) in [6.45, 7) is 9.45. The van der Waals surface area contributed by atoms with Gasteiger partial charge in [0.15, 0.2) is 12.4 Å². The van der Waals surface area contributed by atoms with Crippen LogP contribution in [0.5, 0.6) is 5.75 Å². The normalized spacial score (nSPS) is 38.7. The first-order valence-corrected chi connectivity index (χ1v) is 19.5. The van der Waals surface area contributed by atoms with Gasteiger partial charge in [-0.2, -0.15) is 0 Å². The van der Waals surface area contributed by atoms with Gasteiger partial charge in [0, 0.05) is 42.8 Å². The number of carbonyl (C=O) groups is 4. The Morgan fingerprint density at radius 2 is 1.75 bits per heavy atom. The number of nitrogens with one attached hydrogen (secondary N) is 1. The number of piperidine rings is 1. The number of rotatable bonds is 11. The van der Waals surface area contributed by atoms with Crippen molar-refractivity contribution < 1.29 is 38.9 Å². The number of amides is 1. The van der Waals surface area contributed by atoms with Crippen LogP contribution in [0.2, 0.25) is 0 Å². The molecule has 3 N–H and O–H groups in total. The lowest BCUT2D eigenvalue weighted by atomic mass is 9.45. The number of carbonyl (C=O) groups excluding carboxylic acids is 4. The molecule has 1 aromatic rings. The summed E-state index contributed by atoms with van der Waals surface area (Å²) in [6.07, 6.45) is 6.56. The Hall–Kier alpha value is -3.08. The molecule has 1 heterocycles. The van der Waals surface area contributed by atoms with Gasteiger partial charge in [0.2, 0.25) is 11.7 Å². The highest BCUT2D eigenvalue weighted by atomic mass is 16.5. The molecular formula is C42H60N2O8. The highest BCUT2D eigenvalue weighted by molar-refractivity contribution is 5.92. The molecule has 4 aliphatic carbocycles. The number of allylic oxidation sites excluding steroid dienone is 1. The van der Waals surface area contributed by atoms with Gasteiger partial charge in [-0.1, -0.05) is 38.5 Å². The number of ketones is 2. The summed E-state index contributed by atoms with van der Waals surface area (Å²) in [7, 11) is 3.81. The van der Waals surface area contributed by atoms with E-state index in [1.165, 1.54) is 5.56 Å². The van der Waals surface area contributed by atoms with E-state index in [4.69, 9.17) is 9.47 Å². The highest BCUT2D eigenvalue weighted by Crippen LogP contribution is 2.67. The fraction of sp³-hybridized carbons (Fsp3) is 0.714. The largest absolute Gasteiger partial charge is 0.497 e. The quantitative estimate of drug-likeness (QED) is 0.272. The van der Waals surface area contributed by atoms with E-state index >= 15 is 0 Å². The summed E-state index contributed by atoms with van der Waals surface area (Å²) in [5.41, 5.74) is -0.588. The van der Waals surface area contributed by atoms with Crippen molar-refractivity contribution in [2.24, 2.45) is 34.5 Å². The lowest BCUT2D eigenvalue weighted by Crippen LogP contribution is -2.62. The molecule has 5 aliphatic rings. The number of methoxy groups -OCH3 is 1.